The first kappa shape index (κ1) is 15.9. The molecule has 2 aromatic carbocycles. The lowest BCUT2D eigenvalue weighted by Gasteiger charge is -2.18. The average molecular weight is 334 g/mol. The molecule has 1 aliphatic heterocycles. The van der Waals surface area contributed by atoms with E-state index in [2.05, 4.69) is 41.7 Å². The fourth-order valence-electron chi connectivity index (χ4n) is 3.77. The summed E-state index contributed by atoms with van der Waals surface area (Å²) in [6.07, 6.45) is 3.70. The van der Waals surface area contributed by atoms with Crippen LogP contribution in [0.5, 0.6) is 11.5 Å². The van der Waals surface area contributed by atoms with Gasteiger partial charge in [-0.05, 0) is 42.5 Å². The van der Waals surface area contributed by atoms with Gasteiger partial charge in [-0.3, -0.25) is 4.98 Å². The quantitative estimate of drug-likeness (QED) is 0.793. The van der Waals surface area contributed by atoms with Gasteiger partial charge in [-0.2, -0.15) is 0 Å². The van der Waals surface area contributed by atoms with Crippen molar-refractivity contribution in [1.29, 1.82) is 0 Å². The summed E-state index contributed by atoms with van der Waals surface area (Å²) < 4.78 is 11.1. The van der Waals surface area contributed by atoms with Gasteiger partial charge in [0.05, 0.1) is 26.0 Å². The monoisotopic (exact) mass is 334 g/mol. The first-order valence-electron chi connectivity index (χ1n) is 8.61. The van der Waals surface area contributed by atoms with Gasteiger partial charge >= 0.3 is 0 Å². The topological polar surface area (TPSA) is 43.4 Å². The summed E-state index contributed by atoms with van der Waals surface area (Å²) in [7, 11) is 3.39. The largest absolute Gasteiger partial charge is 0.493 e. The smallest absolute Gasteiger partial charge is 0.164 e. The lowest BCUT2D eigenvalue weighted by molar-refractivity contribution is 0.351. The summed E-state index contributed by atoms with van der Waals surface area (Å²) in [5, 5.41) is 6.11. The molecule has 128 valence electrons. The van der Waals surface area contributed by atoms with E-state index >= 15 is 0 Å². The summed E-state index contributed by atoms with van der Waals surface area (Å²) >= 11 is 0. The van der Waals surface area contributed by atoms with Gasteiger partial charge in [0, 0.05) is 17.1 Å². The van der Waals surface area contributed by atoms with Gasteiger partial charge < -0.3 is 14.8 Å². The summed E-state index contributed by atoms with van der Waals surface area (Å²) in [6, 6.07) is 14.8. The maximum Gasteiger partial charge on any atom is 0.164 e. The molecule has 1 aliphatic rings. The Morgan fingerprint density at radius 1 is 1.04 bits per heavy atom. The number of hydrogen-bond acceptors (Lipinski definition) is 4. The van der Waals surface area contributed by atoms with Crippen LogP contribution < -0.4 is 14.8 Å². The Morgan fingerprint density at radius 2 is 1.92 bits per heavy atom. The second-order valence-corrected chi connectivity index (χ2v) is 6.32. The molecule has 1 unspecified atom stereocenters. The van der Waals surface area contributed by atoms with E-state index < -0.39 is 0 Å². The highest BCUT2D eigenvalue weighted by Gasteiger charge is 2.24. The van der Waals surface area contributed by atoms with E-state index in [-0.39, 0.29) is 6.04 Å². The van der Waals surface area contributed by atoms with Crippen LogP contribution in [0.25, 0.3) is 10.8 Å². The molecule has 0 fully saturated rings. The fourth-order valence-corrected chi connectivity index (χ4v) is 3.77. The predicted molar refractivity (Wildman–Crippen MR) is 99.4 cm³/mol. The molecule has 4 heteroatoms. The Kier molecular flexibility index (Phi) is 4.28. The number of ether oxygens (including phenoxy) is 2. The van der Waals surface area contributed by atoms with E-state index in [4.69, 9.17) is 14.5 Å². The van der Waals surface area contributed by atoms with Gasteiger partial charge in [-0.1, -0.05) is 30.3 Å². The van der Waals surface area contributed by atoms with Crippen molar-refractivity contribution >= 4 is 10.8 Å². The van der Waals surface area contributed by atoms with E-state index in [1.54, 1.807) is 14.2 Å². The third kappa shape index (κ3) is 2.83. The SMILES string of the molecule is COc1ccc2c(c1OC)CCNC(c1nccc3ccccc13)C2. The number of nitrogens with zero attached hydrogens (tertiary/aromatic N) is 1. The van der Waals surface area contributed by atoms with Crippen LogP contribution in [0.2, 0.25) is 0 Å². The minimum atomic E-state index is 0.186. The molecular formula is C21H22N2O2. The van der Waals surface area contributed by atoms with Gasteiger partial charge in [-0.15, -0.1) is 0 Å². The van der Waals surface area contributed by atoms with Crippen LogP contribution in [0.4, 0.5) is 0 Å². The van der Waals surface area contributed by atoms with Crippen molar-refractivity contribution in [2.75, 3.05) is 20.8 Å². The van der Waals surface area contributed by atoms with Gasteiger partial charge in [0.1, 0.15) is 0 Å². The van der Waals surface area contributed by atoms with Crippen molar-refractivity contribution < 1.29 is 9.47 Å². The Hall–Kier alpha value is -2.59. The Bertz CT molecular complexity index is 902. The van der Waals surface area contributed by atoms with Gasteiger partial charge in [-0.25, -0.2) is 0 Å². The number of rotatable bonds is 3. The lowest BCUT2D eigenvalue weighted by Crippen LogP contribution is -2.24. The molecule has 0 aliphatic carbocycles. The molecular weight excluding hydrogens is 312 g/mol. The summed E-state index contributed by atoms with van der Waals surface area (Å²) in [4.78, 5) is 4.70. The molecule has 1 N–H and O–H groups in total. The van der Waals surface area contributed by atoms with Crippen LogP contribution in [-0.4, -0.2) is 25.7 Å². The highest BCUT2D eigenvalue weighted by atomic mass is 16.5. The minimum Gasteiger partial charge on any atom is -0.493 e. The second kappa shape index (κ2) is 6.73. The molecule has 0 radical (unpaired) electrons. The van der Waals surface area contributed by atoms with Crippen LogP contribution >= 0.6 is 0 Å². The van der Waals surface area contributed by atoms with Crippen molar-refractivity contribution in [3.63, 3.8) is 0 Å². The third-order valence-corrected chi connectivity index (χ3v) is 4.97. The maximum atomic E-state index is 5.63. The second-order valence-electron chi connectivity index (χ2n) is 6.32. The van der Waals surface area contributed by atoms with E-state index in [1.165, 1.54) is 21.9 Å². The lowest BCUT2D eigenvalue weighted by atomic mass is 9.96. The number of nitrogens with one attached hydrogen (secondary N) is 1. The molecule has 2 heterocycles. The zero-order valence-corrected chi connectivity index (χ0v) is 14.6. The zero-order chi connectivity index (χ0) is 17.2. The number of methoxy groups -OCH3 is 2. The maximum absolute atomic E-state index is 5.63. The summed E-state index contributed by atoms with van der Waals surface area (Å²) in [5.74, 6) is 1.65. The van der Waals surface area contributed by atoms with Crippen molar-refractivity contribution in [2.24, 2.45) is 0 Å². The Labute approximate surface area is 147 Å². The van der Waals surface area contributed by atoms with E-state index in [0.29, 0.717) is 0 Å². The molecule has 0 bridgehead atoms. The summed E-state index contributed by atoms with van der Waals surface area (Å²) in [5.41, 5.74) is 3.64. The van der Waals surface area contributed by atoms with Crippen molar-refractivity contribution in [3.05, 3.63) is 65.5 Å². The first-order valence-corrected chi connectivity index (χ1v) is 8.61. The average Bonchev–Trinajstić information content (AvgIpc) is 2.89. The molecule has 0 spiro atoms. The highest BCUT2D eigenvalue weighted by Crippen LogP contribution is 2.37. The fraction of sp³-hybridized carbons (Fsp3) is 0.286. The first-order chi connectivity index (χ1) is 12.3. The highest BCUT2D eigenvalue weighted by molar-refractivity contribution is 5.84. The predicted octanol–water partition coefficient (Wildman–Crippen LogP) is 3.68. The van der Waals surface area contributed by atoms with Gasteiger partial charge in [0.15, 0.2) is 11.5 Å². The molecule has 4 nitrogen and oxygen atoms in total. The molecule has 3 aromatic rings. The van der Waals surface area contributed by atoms with Crippen LogP contribution in [0.15, 0.2) is 48.7 Å². The van der Waals surface area contributed by atoms with Crippen molar-refractivity contribution in [3.8, 4) is 11.5 Å². The Balaban J connectivity index is 1.77. The number of aromatic nitrogens is 1. The van der Waals surface area contributed by atoms with Crippen LogP contribution in [0, 0.1) is 0 Å². The Morgan fingerprint density at radius 3 is 2.76 bits per heavy atom. The number of fused-ring (bicyclic) bond motifs is 2. The van der Waals surface area contributed by atoms with Crippen LogP contribution in [-0.2, 0) is 12.8 Å². The molecule has 25 heavy (non-hydrogen) atoms. The standard InChI is InChI=1S/C21H22N2O2/c1-24-19-8-7-15-13-18(22-12-10-17(15)21(19)25-2)20-16-6-4-3-5-14(16)9-11-23-20/h3-9,11,18,22H,10,12-13H2,1-2H3. The van der Waals surface area contributed by atoms with E-state index in [1.807, 2.05) is 12.3 Å². The molecule has 0 saturated heterocycles. The van der Waals surface area contributed by atoms with Crippen LogP contribution in [0.1, 0.15) is 22.9 Å². The van der Waals surface area contributed by atoms with Gasteiger partial charge in [0.25, 0.3) is 0 Å². The molecule has 1 atom stereocenters. The van der Waals surface area contributed by atoms with Gasteiger partial charge in [0.2, 0.25) is 0 Å². The normalized spacial score (nSPS) is 17.0. The van der Waals surface area contributed by atoms with Crippen molar-refractivity contribution in [1.82, 2.24) is 10.3 Å². The zero-order valence-electron chi connectivity index (χ0n) is 14.6. The third-order valence-electron chi connectivity index (χ3n) is 4.97. The van der Waals surface area contributed by atoms with E-state index in [0.717, 1.165) is 36.6 Å². The number of pyridine rings is 1. The number of benzene rings is 2. The molecule has 0 saturated carbocycles. The summed E-state index contributed by atoms with van der Waals surface area (Å²) in [6.45, 7) is 0.881. The molecule has 4 rings (SSSR count). The van der Waals surface area contributed by atoms with E-state index in [9.17, 15) is 0 Å². The number of hydrogen-bond donors (Lipinski definition) is 1. The molecule has 1 aromatic heterocycles. The van der Waals surface area contributed by atoms with Crippen LogP contribution in [0.3, 0.4) is 0 Å². The molecule has 0 amide bonds. The van der Waals surface area contributed by atoms with Crippen molar-refractivity contribution in [2.45, 2.75) is 18.9 Å². The minimum absolute atomic E-state index is 0.186.